The minimum atomic E-state index is -0.306. The molecule has 194 valence electrons. The number of aromatic hydroxyl groups is 1. The Morgan fingerprint density at radius 1 is 1.11 bits per heavy atom. The average Bonchev–Trinajstić information content (AvgIpc) is 3.06. The van der Waals surface area contributed by atoms with Crippen molar-refractivity contribution >= 4 is 17.7 Å². The van der Waals surface area contributed by atoms with Gasteiger partial charge in [0.25, 0.3) is 0 Å². The molecule has 5 nitrogen and oxygen atoms in total. The number of amidine groups is 1. The number of phenolic OH excluding ortho intramolecular Hbond substituents is 1. The van der Waals surface area contributed by atoms with Crippen molar-refractivity contribution in [1.82, 2.24) is 4.90 Å². The van der Waals surface area contributed by atoms with Gasteiger partial charge in [-0.05, 0) is 58.7 Å². The molecule has 1 atom stereocenters. The van der Waals surface area contributed by atoms with Gasteiger partial charge in [0.15, 0.2) is 5.78 Å². The predicted molar refractivity (Wildman–Crippen MR) is 149 cm³/mol. The molecule has 1 aliphatic rings. The second kappa shape index (κ2) is 10.5. The van der Waals surface area contributed by atoms with Crippen LogP contribution in [0.25, 0.3) is 6.08 Å². The predicted octanol–water partition coefficient (Wildman–Crippen LogP) is 6.97. The Morgan fingerprint density at radius 2 is 1.72 bits per heavy atom. The monoisotopic (exact) mass is 490 g/mol. The summed E-state index contributed by atoms with van der Waals surface area (Å²) in [5.74, 6) is 1.64. The van der Waals surface area contributed by atoms with Gasteiger partial charge < -0.3 is 14.7 Å². The summed E-state index contributed by atoms with van der Waals surface area (Å²) in [4.78, 5) is 15.5. The van der Waals surface area contributed by atoms with Crippen molar-refractivity contribution < 1.29 is 14.6 Å². The number of benzene rings is 2. The van der Waals surface area contributed by atoms with E-state index in [4.69, 9.17) is 10.1 Å². The smallest absolute Gasteiger partial charge is 0.182 e. The SMILES string of the molecule is CCCC1CN(CC(=O)c2cc(C(C)(C)C)c(O)c(C(C)(C)C)c2)C(=N)/C1=C/c1cccc(OC)c1. The Morgan fingerprint density at radius 3 is 2.25 bits per heavy atom. The second-order valence-corrected chi connectivity index (χ2v) is 11.9. The molecule has 0 saturated carbocycles. The fraction of sp³-hybridized carbons (Fsp3) is 0.484. The van der Waals surface area contributed by atoms with Gasteiger partial charge in [-0.3, -0.25) is 10.2 Å². The van der Waals surface area contributed by atoms with Crippen molar-refractivity contribution in [3.8, 4) is 11.5 Å². The van der Waals surface area contributed by atoms with E-state index in [1.165, 1.54) is 0 Å². The Hall–Kier alpha value is -3.08. The number of phenols is 1. The largest absolute Gasteiger partial charge is 0.507 e. The Balaban J connectivity index is 1.94. The third-order valence-corrected chi connectivity index (χ3v) is 6.91. The Kier molecular flexibility index (Phi) is 8.02. The number of hydrogen-bond donors (Lipinski definition) is 2. The first kappa shape index (κ1) is 27.5. The number of hydrogen-bond acceptors (Lipinski definition) is 4. The number of Topliss-reactive ketones (excluding diaryl/α,β-unsaturated/α-hetero) is 1. The molecular weight excluding hydrogens is 448 g/mol. The summed E-state index contributed by atoms with van der Waals surface area (Å²) < 4.78 is 5.36. The van der Waals surface area contributed by atoms with Gasteiger partial charge in [0.2, 0.25) is 0 Å². The van der Waals surface area contributed by atoms with Crippen molar-refractivity contribution in [3.05, 3.63) is 64.2 Å². The molecule has 0 aliphatic carbocycles. The van der Waals surface area contributed by atoms with Gasteiger partial charge in [-0.2, -0.15) is 0 Å². The summed E-state index contributed by atoms with van der Waals surface area (Å²) in [6.07, 6.45) is 4.03. The summed E-state index contributed by atoms with van der Waals surface area (Å²) in [5.41, 5.74) is 3.49. The lowest BCUT2D eigenvalue weighted by Crippen LogP contribution is -2.31. The molecular formula is C31H42N2O3. The fourth-order valence-electron chi connectivity index (χ4n) is 4.87. The third-order valence-electron chi connectivity index (χ3n) is 6.91. The quantitative estimate of drug-likeness (QED) is 0.411. The number of rotatable bonds is 7. The second-order valence-electron chi connectivity index (χ2n) is 11.9. The molecule has 0 radical (unpaired) electrons. The highest BCUT2D eigenvalue weighted by atomic mass is 16.5. The zero-order valence-corrected chi connectivity index (χ0v) is 23.2. The number of nitrogens with zero attached hydrogens (tertiary/aromatic N) is 1. The summed E-state index contributed by atoms with van der Waals surface area (Å²) in [5, 5.41) is 20.0. The number of ketones is 1. The highest BCUT2D eigenvalue weighted by Gasteiger charge is 2.34. The molecule has 1 saturated heterocycles. The van der Waals surface area contributed by atoms with Crippen LogP contribution in [0.15, 0.2) is 42.0 Å². The lowest BCUT2D eigenvalue weighted by Gasteiger charge is -2.28. The highest BCUT2D eigenvalue weighted by molar-refractivity contribution is 6.06. The van der Waals surface area contributed by atoms with Gasteiger partial charge in [-0.25, -0.2) is 0 Å². The number of likely N-dealkylation sites (tertiary alicyclic amines) is 1. The van der Waals surface area contributed by atoms with Crippen LogP contribution in [0.3, 0.4) is 0 Å². The maximum atomic E-state index is 13.6. The van der Waals surface area contributed by atoms with Crippen molar-refractivity contribution in [2.45, 2.75) is 72.1 Å². The molecule has 3 rings (SSSR count). The van der Waals surface area contributed by atoms with E-state index in [9.17, 15) is 9.90 Å². The maximum absolute atomic E-state index is 13.6. The van der Waals surface area contributed by atoms with Crippen LogP contribution in [0.5, 0.6) is 11.5 Å². The zero-order valence-electron chi connectivity index (χ0n) is 23.2. The third kappa shape index (κ3) is 6.00. The van der Waals surface area contributed by atoms with Gasteiger partial charge in [0, 0.05) is 29.2 Å². The van der Waals surface area contributed by atoms with E-state index < -0.39 is 0 Å². The van der Waals surface area contributed by atoms with Crippen molar-refractivity contribution in [1.29, 1.82) is 5.41 Å². The molecule has 0 bridgehead atoms. The molecule has 0 amide bonds. The van der Waals surface area contributed by atoms with Crippen molar-refractivity contribution in [2.75, 3.05) is 20.2 Å². The van der Waals surface area contributed by atoms with Crippen LogP contribution >= 0.6 is 0 Å². The van der Waals surface area contributed by atoms with Crippen LogP contribution in [-0.2, 0) is 10.8 Å². The molecule has 1 unspecified atom stereocenters. The van der Waals surface area contributed by atoms with E-state index in [2.05, 4.69) is 13.0 Å². The molecule has 2 N–H and O–H groups in total. The normalized spacial score (nSPS) is 17.7. The minimum absolute atomic E-state index is 0.0337. The van der Waals surface area contributed by atoms with E-state index in [1.54, 1.807) is 7.11 Å². The van der Waals surface area contributed by atoms with Gasteiger partial charge >= 0.3 is 0 Å². The summed E-state index contributed by atoms with van der Waals surface area (Å²) in [7, 11) is 1.65. The molecule has 36 heavy (non-hydrogen) atoms. The lowest BCUT2D eigenvalue weighted by atomic mass is 9.78. The van der Waals surface area contributed by atoms with Crippen LogP contribution in [0.1, 0.15) is 88.4 Å². The van der Waals surface area contributed by atoms with Crippen LogP contribution in [0.2, 0.25) is 0 Å². The molecule has 0 spiro atoms. The summed E-state index contributed by atoms with van der Waals surface area (Å²) >= 11 is 0. The molecule has 1 heterocycles. The zero-order chi connectivity index (χ0) is 26.8. The van der Waals surface area contributed by atoms with Crippen molar-refractivity contribution in [2.24, 2.45) is 5.92 Å². The van der Waals surface area contributed by atoms with Crippen LogP contribution in [0, 0.1) is 11.3 Å². The first-order valence-corrected chi connectivity index (χ1v) is 12.9. The Labute approximate surface area is 216 Å². The van der Waals surface area contributed by atoms with E-state index in [0.29, 0.717) is 17.9 Å². The number of carbonyl (C=O) groups is 1. The first-order valence-electron chi connectivity index (χ1n) is 12.9. The van der Waals surface area contributed by atoms with Crippen molar-refractivity contribution in [3.63, 3.8) is 0 Å². The topological polar surface area (TPSA) is 73.6 Å². The number of nitrogens with one attached hydrogen (secondary N) is 1. The van der Waals surface area contributed by atoms with Crippen LogP contribution in [-0.4, -0.2) is 41.8 Å². The molecule has 2 aromatic carbocycles. The van der Waals surface area contributed by atoms with E-state index in [1.807, 2.05) is 82.8 Å². The number of carbonyl (C=O) groups excluding carboxylic acids is 1. The standard InChI is InChI=1S/C31H42N2O3/c1-9-11-21-18-33(29(32)24(21)15-20-12-10-13-23(14-20)36-8)19-27(34)22-16-25(30(2,3)4)28(35)26(17-22)31(5,6)7/h10,12-17,21,32,35H,9,11,18-19H2,1-8H3/b24-15+,32-29?. The van der Waals surface area contributed by atoms with E-state index in [-0.39, 0.29) is 34.8 Å². The lowest BCUT2D eigenvalue weighted by molar-refractivity contribution is 0.0963. The summed E-state index contributed by atoms with van der Waals surface area (Å²) in [6.45, 7) is 15.2. The first-order chi connectivity index (χ1) is 16.8. The van der Waals surface area contributed by atoms with Gasteiger partial charge in [-0.1, -0.05) is 67.0 Å². The van der Waals surface area contributed by atoms with Crippen LogP contribution in [0.4, 0.5) is 0 Å². The van der Waals surface area contributed by atoms with E-state index in [0.717, 1.165) is 40.9 Å². The Bertz CT molecular complexity index is 1130. The van der Waals surface area contributed by atoms with Crippen LogP contribution < -0.4 is 4.74 Å². The molecule has 1 fully saturated rings. The molecule has 1 aliphatic heterocycles. The summed E-state index contributed by atoms with van der Waals surface area (Å²) in [6, 6.07) is 11.5. The highest BCUT2D eigenvalue weighted by Crippen LogP contribution is 2.40. The van der Waals surface area contributed by atoms with E-state index >= 15 is 0 Å². The minimum Gasteiger partial charge on any atom is -0.507 e. The number of methoxy groups -OCH3 is 1. The molecule has 0 aromatic heterocycles. The molecule has 2 aromatic rings. The molecule has 5 heteroatoms. The van der Waals surface area contributed by atoms with Gasteiger partial charge in [0.05, 0.1) is 13.7 Å². The fourth-order valence-corrected chi connectivity index (χ4v) is 4.87. The number of ether oxygens (including phenoxy) is 1. The van der Waals surface area contributed by atoms with Gasteiger partial charge in [-0.15, -0.1) is 0 Å². The maximum Gasteiger partial charge on any atom is 0.182 e. The average molecular weight is 491 g/mol. The van der Waals surface area contributed by atoms with Gasteiger partial charge in [0.1, 0.15) is 17.3 Å².